The minimum Gasteiger partial charge on any atom is -0.382 e. The van der Waals surface area contributed by atoms with Crippen molar-refractivity contribution < 1.29 is 13.6 Å². The van der Waals surface area contributed by atoms with Crippen LogP contribution in [0.4, 0.5) is 25.8 Å². The van der Waals surface area contributed by atoms with Gasteiger partial charge in [-0.25, -0.2) is 8.78 Å². The minimum atomic E-state index is -0.974. The fourth-order valence-electron chi connectivity index (χ4n) is 4.40. The molecule has 1 amide bonds. The highest BCUT2D eigenvalue weighted by Crippen LogP contribution is 2.39. The lowest BCUT2D eigenvalue weighted by molar-refractivity contribution is 0.102. The van der Waals surface area contributed by atoms with Gasteiger partial charge in [0.2, 0.25) is 0 Å². The number of carbonyl (C=O) groups excluding carboxylic acids is 1. The molecule has 0 saturated carbocycles. The summed E-state index contributed by atoms with van der Waals surface area (Å²) in [6.07, 6.45) is 3.26. The average Bonchev–Trinajstić information content (AvgIpc) is 3.41. The van der Waals surface area contributed by atoms with Crippen molar-refractivity contribution in [2.45, 2.75) is 39.7 Å². The number of aryl methyl sites for hydroxylation is 1. The Morgan fingerprint density at radius 2 is 1.74 bits per heavy atom. The van der Waals surface area contributed by atoms with Gasteiger partial charge in [0.15, 0.2) is 11.6 Å². The Morgan fingerprint density at radius 1 is 1.11 bits per heavy atom. The Bertz CT molecular complexity index is 1360. The lowest BCUT2D eigenvalue weighted by Crippen LogP contribution is -2.27. The molecular formula is C27H33F2N7O2. The van der Waals surface area contributed by atoms with E-state index in [4.69, 9.17) is 5.41 Å². The molecule has 5 N–H and O–H groups in total. The van der Waals surface area contributed by atoms with Crippen LogP contribution in [0.15, 0.2) is 41.2 Å². The van der Waals surface area contributed by atoms with Gasteiger partial charge in [0.25, 0.3) is 11.5 Å². The number of aromatic nitrogens is 2. The predicted molar refractivity (Wildman–Crippen MR) is 147 cm³/mol. The number of hydrogen-bond acceptors (Lipinski definition) is 7. The topological polar surface area (TPSA) is 129 Å². The number of amides is 1. The molecule has 4 rings (SSSR count). The van der Waals surface area contributed by atoms with Crippen LogP contribution in [0.1, 0.15) is 48.3 Å². The van der Waals surface area contributed by atoms with Gasteiger partial charge in [0.1, 0.15) is 11.4 Å². The number of anilines is 3. The van der Waals surface area contributed by atoms with Crippen molar-refractivity contribution in [3.8, 4) is 5.69 Å². The number of hydrogen-bond donors (Lipinski definition) is 4. The van der Waals surface area contributed by atoms with E-state index in [2.05, 4.69) is 26.4 Å². The Hall–Kier alpha value is -4.12. The fraction of sp³-hybridized carbons (Fsp3) is 0.333. The lowest BCUT2D eigenvalue weighted by Gasteiger charge is -2.27. The average molecular weight is 526 g/mol. The largest absolute Gasteiger partial charge is 0.382 e. The molecule has 1 aliphatic heterocycles. The summed E-state index contributed by atoms with van der Waals surface area (Å²) in [4.78, 5) is 27.7. The first-order chi connectivity index (χ1) is 18.2. The molecule has 9 nitrogen and oxygen atoms in total. The summed E-state index contributed by atoms with van der Waals surface area (Å²) >= 11 is 0. The molecule has 0 aliphatic carbocycles. The van der Waals surface area contributed by atoms with Gasteiger partial charge in [-0.15, -0.1) is 0 Å². The third-order valence-corrected chi connectivity index (χ3v) is 5.96. The molecule has 0 atom stereocenters. The first kappa shape index (κ1) is 28.5. The molecule has 2 heterocycles. The molecule has 1 aliphatic rings. The Morgan fingerprint density at radius 3 is 2.32 bits per heavy atom. The van der Waals surface area contributed by atoms with E-state index in [9.17, 15) is 18.4 Å². The molecule has 0 radical (unpaired) electrons. The van der Waals surface area contributed by atoms with Crippen molar-refractivity contribution in [1.82, 2.24) is 9.78 Å². The van der Waals surface area contributed by atoms with Crippen molar-refractivity contribution in [3.63, 3.8) is 0 Å². The molecule has 2 aromatic carbocycles. The van der Waals surface area contributed by atoms with Gasteiger partial charge in [-0.2, -0.15) is 9.78 Å². The van der Waals surface area contributed by atoms with Crippen LogP contribution in [0, 0.1) is 24.0 Å². The van der Waals surface area contributed by atoms with E-state index in [0.29, 0.717) is 15.9 Å². The molecule has 38 heavy (non-hydrogen) atoms. The van der Waals surface area contributed by atoms with Crippen molar-refractivity contribution in [3.05, 3.63) is 75.2 Å². The third-order valence-electron chi connectivity index (χ3n) is 5.96. The van der Waals surface area contributed by atoms with Crippen LogP contribution in [0.3, 0.4) is 0 Å². The number of halogens is 2. The van der Waals surface area contributed by atoms with E-state index < -0.39 is 28.8 Å². The van der Waals surface area contributed by atoms with E-state index in [-0.39, 0.29) is 11.7 Å². The fourth-order valence-corrected chi connectivity index (χ4v) is 4.40. The smallest absolute Gasteiger partial charge is 0.276 e. The monoisotopic (exact) mass is 525 g/mol. The first-order valence-electron chi connectivity index (χ1n) is 12.3. The molecule has 202 valence electrons. The minimum absolute atomic E-state index is 0.137. The van der Waals surface area contributed by atoms with Gasteiger partial charge in [0.05, 0.1) is 11.4 Å². The van der Waals surface area contributed by atoms with Gasteiger partial charge in [-0.05, 0) is 70.5 Å². The molecule has 3 aromatic rings. The first-order valence-corrected chi connectivity index (χ1v) is 12.3. The maximum atomic E-state index is 14.3. The standard InChI is InChI=1S/C26H28F2N6O2.CH5N/c1-15(2)30-23-16(3)13-21(24(17(23)14-29)33-11-4-5-12-33)31-26(36)20-9-10-22(35)34(32-20)25-18(27)7-6-8-19(25)28;1-2/h6-10,13-15,29-30H,4-5,11-12H2,1-3H3,(H,31,36);2H2,1H3. The zero-order chi connectivity index (χ0) is 28.0. The molecule has 1 aromatic heterocycles. The predicted octanol–water partition coefficient (Wildman–Crippen LogP) is 4.06. The molecule has 1 saturated heterocycles. The van der Waals surface area contributed by atoms with Gasteiger partial charge >= 0.3 is 0 Å². The number of nitrogens with two attached hydrogens (primary N) is 1. The number of nitrogens with zero attached hydrogens (tertiary/aromatic N) is 3. The van der Waals surface area contributed by atoms with Gasteiger partial charge in [-0.3, -0.25) is 9.59 Å². The van der Waals surface area contributed by atoms with Crippen LogP contribution >= 0.6 is 0 Å². The molecular weight excluding hydrogens is 492 g/mol. The van der Waals surface area contributed by atoms with Crippen LogP contribution in [0.5, 0.6) is 0 Å². The van der Waals surface area contributed by atoms with Crippen molar-refractivity contribution >= 4 is 29.2 Å². The number of carbonyl (C=O) groups is 1. The summed E-state index contributed by atoms with van der Waals surface area (Å²) in [7, 11) is 1.50. The van der Waals surface area contributed by atoms with Crippen LogP contribution in [-0.4, -0.2) is 48.1 Å². The van der Waals surface area contributed by atoms with Gasteiger partial charge in [0, 0.05) is 42.7 Å². The van der Waals surface area contributed by atoms with Gasteiger partial charge < -0.3 is 26.7 Å². The van der Waals surface area contributed by atoms with E-state index in [1.165, 1.54) is 25.4 Å². The second-order valence-corrected chi connectivity index (χ2v) is 9.01. The Kier molecular flexibility index (Phi) is 9.30. The van der Waals surface area contributed by atoms with E-state index in [1.54, 1.807) is 0 Å². The number of rotatable bonds is 7. The highest BCUT2D eigenvalue weighted by Gasteiger charge is 2.25. The summed E-state index contributed by atoms with van der Waals surface area (Å²) in [6.45, 7) is 7.47. The van der Waals surface area contributed by atoms with Crippen molar-refractivity contribution in [1.29, 1.82) is 5.41 Å². The second-order valence-electron chi connectivity index (χ2n) is 9.01. The van der Waals surface area contributed by atoms with E-state index >= 15 is 0 Å². The highest BCUT2D eigenvalue weighted by molar-refractivity contribution is 6.08. The maximum Gasteiger partial charge on any atom is 0.276 e. The molecule has 1 fully saturated rings. The SMILES string of the molecule is CN.Cc1cc(NC(=O)c2ccc(=O)n(-c3c(F)cccc3F)n2)c(N2CCCC2)c(C=N)c1NC(C)C. The normalized spacial score (nSPS) is 12.7. The zero-order valence-electron chi connectivity index (χ0n) is 21.9. The van der Waals surface area contributed by atoms with Gasteiger partial charge in [-0.1, -0.05) is 6.07 Å². The van der Waals surface area contributed by atoms with Crippen LogP contribution in [-0.2, 0) is 0 Å². The van der Waals surface area contributed by atoms with Crippen LogP contribution in [0.25, 0.3) is 5.69 Å². The van der Waals surface area contributed by atoms with Crippen molar-refractivity contribution in [2.24, 2.45) is 5.73 Å². The lowest BCUT2D eigenvalue weighted by atomic mass is 10.0. The number of para-hydroxylation sites is 1. The Balaban J connectivity index is 0.00000195. The quantitative estimate of drug-likeness (QED) is 0.344. The highest BCUT2D eigenvalue weighted by atomic mass is 19.1. The molecule has 11 heteroatoms. The summed E-state index contributed by atoms with van der Waals surface area (Å²) in [5, 5.41) is 18.3. The van der Waals surface area contributed by atoms with E-state index in [0.717, 1.165) is 61.1 Å². The second kappa shape index (κ2) is 12.4. The zero-order valence-corrected chi connectivity index (χ0v) is 21.9. The summed E-state index contributed by atoms with van der Waals surface area (Å²) < 4.78 is 29.2. The number of benzene rings is 2. The summed E-state index contributed by atoms with van der Waals surface area (Å²) in [5.74, 6) is -2.60. The van der Waals surface area contributed by atoms with Crippen LogP contribution in [0.2, 0.25) is 0 Å². The third kappa shape index (κ3) is 5.88. The number of nitrogens with one attached hydrogen (secondary N) is 3. The Labute approximate surface area is 220 Å². The van der Waals surface area contributed by atoms with Crippen molar-refractivity contribution in [2.75, 3.05) is 35.7 Å². The van der Waals surface area contributed by atoms with E-state index in [1.807, 2.05) is 26.8 Å². The summed E-state index contributed by atoms with van der Waals surface area (Å²) in [6, 6.07) is 7.41. The summed E-state index contributed by atoms with van der Waals surface area (Å²) in [5.41, 5.74) is 6.41. The van der Waals surface area contributed by atoms with Crippen LogP contribution < -0.4 is 26.8 Å². The molecule has 0 spiro atoms. The molecule has 0 unspecified atom stereocenters. The maximum absolute atomic E-state index is 14.3. The molecule has 0 bridgehead atoms.